The third kappa shape index (κ3) is 7.39. The van der Waals surface area contributed by atoms with Crippen LogP contribution in [0.4, 0.5) is 0 Å². The minimum Gasteiger partial charge on any atom is -0.463 e. The lowest BCUT2D eigenvalue weighted by molar-refractivity contribution is -0.254. The summed E-state index contributed by atoms with van der Waals surface area (Å²) in [6.07, 6.45) is -2.42. The molecule has 1 fully saturated rings. The van der Waals surface area contributed by atoms with Crippen LogP contribution in [0.3, 0.4) is 0 Å². The summed E-state index contributed by atoms with van der Waals surface area (Å²) in [5.74, 6) is -2.08. The Morgan fingerprint density at radius 3 is 2.26 bits per heavy atom. The number of hydrogen-bond acceptors (Lipinski definition) is 13. The standard InChI is InChI=1S/C29H28N2O10S/c1-15(32)37-14-23-27(38-16(2)33)29(40-18(4)35)28(39-17(3)34)26(41-23)19-7-8-20(12-30)21(10-19)11-25-31-13-24(42-25)22-6-5-9-36-22/h5-10,13,23,26-29H,11,14H2,1-4H3/t23-,26+,27-,28+,29+/m1/s1. The van der Waals surface area contributed by atoms with Gasteiger partial charge >= 0.3 is 23.9 Å². The minimum atomic E-state index is -1.30. The third-order valence-corrected chi connectivity index (χ3v) is 7.24. The number of benzene rings is 1. The molecule has 0 unspecified atom stereocenters. The number of furan rings is 1. The molecule has 0 aliphatic carbocycles. The van der Waals surface area contributed by atoms with Gasteiger partial charge in [0.2, 0.25) is 0 Å². The Morgan fingerprint density at radius 1 is 0.952 bits per heavy atom. The largest absolute Gasteiger partial charge is 0.463 e. The molecule has 1 aliphatic rings. The van der Waals surface area contributed by atoms with Crippen molar-refractivity contribution in [2.45, 2.75) is 64.6 Å². The summed E-state index contributed by atoms with van der Waals surface area (Å²) in [4.78, 5) is 53.3. The monoisotopic (exact) mass is 596 g/mol. The SMILES string of the molecule is CC(=O)OC[C@H]1O[C@@H](c2ccc(C#N)c(Cc3ncc(-c4ccco4)s3)c2)[C@H](OC(C)=O)[C@@H](OC(C)=O)[C@@H]1OC(C)=O. The molecule has 0 amide bonds. The maximum atomic E-state index is 12.2. The lowest BCUT2D eigenvalue weighted by atomic mass is 9.89. The van der Waals surface area contributed by atoms with Gasteiger partial charge in [0.05, 0.1) is 27.8 Å². The number of hydrogen-bond donors (Lipinski definition) is 0. The number of ether oxygens (including phenoxy) is 5. The first kappa shape index (κ1) is 30.4. The summed E-state index contributed by atoms with van der Waals surface area (Å²) >= 11 is 1.41. The maximum absolute atomic E-state index is 12.2. The lowest BCUT2D eigenvalue weighted by Crippen LogP contribution is -2.59. The molecule has 1 aromatic carbocycles. The molecule has 2 aromatic heterocycles. The summed E-state index contributed by atoms with van der Waals surface area (Å²) in [6.45, 7) is 4.35. The number of aromatic nitrogens is 1. The fraction of sp³-hybridized carbons (Fsp3) is 0.379. The fourth-order valence-electron chi connectivity index (χ4n) is 4.63. The van der Waals surface area contributed by atoms with Gasteiger partial charge in [-0.1, -0.05) is 12.1 Å². The summed E-state index contributed by atoms with van der Waals surface area (Å²) in [6, 6.07) is 10.7. The summed E-state index contributed by atoms with van der Waals surface area (Å²) in [5.41, 5.74) is 1.48. The average Bonchev–Trinajstić information content (AvgIpc) is 3.61. The average molecular weight is 597 g/mol. The number of nitrogens with zero attached hydrogens (tertiary/aromatic N) is 2. The molecule has 1 aliphatic heterocycles. The Kier molecular flexibility index (Phi) is 9.72. The van der Waals surface area contributed by atoms with E-state index in [0.717, 1.165) is 23.7 Å². The Labute approximate surface area is 245 Å². The van der Waals surface area contributed by atoms with Gasteiger partial charge in [-0.3, -0.25) is 19.2 Å². The lowest BCUT2D eigenvalue weighted by Gasteiger charge is -2.44. The number of esters is 4. The zero-order valence-electron chi connectivity index (χ0n) is 23.2. The Hall–Kier alpha value is -4.54. The van der Waals surface area contributed by atoms with Gasteiger partial charge in [0.15, 0.2) is 18.3 Å². The van der Waals surface area contributed by atoms with Crippen LogP contribution >= 0.6 is 11.3 Å². The van der Waals surface area contributed by atoms with E-state index < -0.39 is 54.4 Å². The summed E-state index contributed by atoms with van der Waals surface area (Å²) in [5, 5.41) is 10.5. The van der Waals surface area contributed by atoms with Gasteiger partial charge in [-0.2, -0.15) is 5.26 Å². The molecule has 12 nitrogen and oxygen atoms in total. The van der Waals surface area contributed by atoms with E-state index in [0.29, 0.717) is 28.9 Å². The van der Waals surface area contributed by atoms with Gasteiger partial charge in [-0.25, -0.2) is 4.98 Å². The molecule has 1 saturated heterocycles. The second kappa shape index (κ2) is 13.4. The van der Waals surface area contributed by atoms with Gasteiger partial charge in [0.25, 0.3) is 0 Å². The molecule has 42 heavy (non-hydrogen) atoms. The van der Waals surface area contributed by atoms with Gasteiger partial charge in [-0.15, -0.1) is 11.3 Å². The highest BCUT2D eigenvalue weighted by molar-refractivity contribution is 7.15. The zero-order chi connectivity index (χ0) is 30.4. The molecule has 3 heterocycles. The van der Waals surface area contributed by atoms with Crippen molar-refractivity contribution in [1.29, 1.82) is 5.26 Å². The normalized spacial score (nSPS) is 21.5. The Balaban J connectivity index is 1.74. The van der Waals surface area contributed by atoms with Crippen molar-refractivity contribution >= 4 is 35.2 Å². The number of carbonyl (C=O) groups is 4. The van der Waals surface area contributed by atoms with Crippen LogP contribution in [-0.4, -0.2) is 59.9 Å². The van der Waals surface area contributed by atoms with Gasteiger partial charge in [-0.05, 0) is 29.3 Å². The molecule has 0 saturated carbocycles. The van der Waals surface area contributed by atoms with Crippen molar-refractivity contribution in [2.75, 3.05) is 6.61 Å². The topological polar surface area (TPSA) is 164 Å². The fourth-order valence-corrected chi connectivity index (χ4v) is 5.54. The highest BCUT2D eigenvalue weighted by atomic mass is 32.1. The van der Waals surface area contributed by atoms with Crippen LogP contribution in [0.15, 0.2) is 47.2 Å². The van der Waals surface area contributed by atoms with Crippen LogP contribution in [0.25, 0.3) is 10.6 Å². The van der Waals surface area contributed by atoms with E-state index in [1.165, 1.54) is 25.2 Å². The number of rotatable bonds is 9. The van der Waals surface area contributed by atoms with Gasteiger partial charge in [0, 0.05) is 40.3 Å². The van der Waals surface area contributed by atoms with Crippen molar-refractivity contribution in [2.24, 2.45) is 0 Å². The maximum Gasteiger partial charge on any atom is 0.303 e. The first-order valence-corrected chi connectivity index (χ1v) is 13.7. The van der Waals surface area contributed by atoms with Crippen molar-refractivity contribution in [1.82, 2.24) is 4.98 Å². The molecule has 3 aromatic rings. The molecule has 0 radical (unpaired) electrons. The second-order valence-electron chi connectivity index (χ2n) is 9.42. The molecule has 0 bridgehead atoms. The van der Waals surface area contributed by atoms with E-state index in [2.05, 4.69) is 11.1 Å². The molecule has 0 N–H and O–H groups in total. The molecular weight excluding hydrogens is 568 g/mol. The minimum absolute atomic E-state index is 0.299. The highest BCUT2D eigenvalue weighted by Crippen LogP contribution is 2.39. The zero-order valence-corrected chi connectivity index (χ0v) is 24.0. The van der Waals surface area contributed by atoms with E-state index in [1.54, 1.807) is 36.7 Å². The van der Waals surface area contributed by atoms with Gasteiger partial charge < -0.3 is 28.1 Å². The van der Waals surface area contributed by atoms with Crippen molar-refractivity contribution in [3.8, 4) is 16.7 Å². The summed E-state index contributed by atoms with van der Waals surface area (Å²) in [7, 11) is 0. The Morgan fingerprint density at radius 2 is 1.64 bits per heavy atom. The smallest absolute Gasteiger partial charge is 0.303 e. The van der Waals surface area contributed by atoms with E-state index in [4.69, 9.17) is 28.1 Å². The first-order chi connectivity index (χ1) is 20.0. The van der Waals surface area contributed by atoms with Crippen LogP contribution in [0, 0.1) is 11.3 Å². The quantitative estimate of drug-likeness (QED) is 0.260. The van der Waals surface area contributed by atoms with Crippen molar-refractivity contribution in [3.63, 3.8) is 0 Å². The van der Waals surface area contributed by atoms with Crippen LogP contribution in [0.1, 0.15) is 55.5 Å². The van der Waals surface area contributed by atoms with Crippen LogP contribution in [0.5, 0.6) is 0 Å². The molecule has 0 spiro atoms. The van der Waals surface area contributed by atoms with Crippen molar-refractivity contribution < 1.29 is 47.3 Å². The predicted molar refractivity (Wildman–Crippen MR) is 145 cm³/mol. The van der Waals surface area contributed by atoms with Crippen molar-refractivity contribution in [3.05, 3.63) is 64.5 Å². The van der Waals surface area contributed by atoms with E-state index >= 15 is 0 Å². The number of carbonyl (C=O) groups excluding carboxylic acids is 4. The highest BCUT2D eigenvalue weighted by Gasteiger charge is 2.52. The van der Waals surface area contributed by atoms with Crippen LogP contribution in [-0.2, 0) is 49.3 Å². The second-order valence-corrected chi connectivity index (χ2v) is 10.5. The van der Waals surface area contributed by atoms with Gasteiger partial charge in [0.1, 0.15) is 24.6 Å². The number of thiazole rings is 1. The number of nitriles is 1. The van der Waals surface area contributed by atoms with Crippen LogP contribution in [0.2, 0.25) is 0 Å². The van der Waals surface area contributed by atoms with E-state index in [9.17, 15) is 24.4 Å². The molecular formula is C29H28N2O10S. The molecule has 220 valence electrons. The summed E-state index contributed by atoms with van der Waals surface area (Å²) < 4.78 is 33.4. The molecule has 5 atom stereocenters. The first-order valence-electron chi connectivity index (χ1n) is 12.9. The molecule has 4 rings (SSSR count). The van der Waals surface area contributed by atoms with E-state index in [-0.39, 0.29) is 6.61 Å². The van der Waals surface area contributed by atoms with E-state index in [1.807, 2.05) is 6.07 Å². The third-order valence-electron chi connectivity index (χ3n) is 6.23. The molecule has 13 heteroatoms. The predicted octanol–water partition coefficient (Wildman–Crippen LogP) is 3.66. The van der Waals surface area contributed by atoms with Crippen LogP contribution < -0.4 is 0 Å². The Bertz CT molecular complexity index is 1490.